The Morgan fingerprint density at radius 1 is 0.970 bits per heavy atom. The minimum atomic E-state index is -1.14. The lowest BCUT2D eigenvalue weighted by molar-refractivity contribution is -0.139. The van der Waals surface area contributed by atoms with Gasteiger partial charge in [0.25, 0.3) is 0 Å². The molecule has 0 fully saturated rings. The smallest absolute Gasteiger partial charge is 0.407 e. The average molecular weight is 441 g/mol. The van der Waals surface area contributed by atoms with E-state index in [4.69, 9.17) is 9.15 Å². The topological polar surface area (TPSA) is 88.8 Å². The summed E-state index contributed by atoms with van der Waals surface area (Å²) in [6, 6.07) is 22.4. The number of carbonyl (C=O) groups excluding carboxylic acids is 1. The molecule has 1 aliphatic carbocycles. The van der Waals surface area contributed by atoms with Gasteiger partial charge in [-0.25, -0.2) is 9.59 Å². The summed E-state index contributed by atoms with van der Waals surface area (Å²) in [4.78, 5) is 24.5. The Hall–Kier alpha value is -4.06. The molecule has 1 aromatic heterocycles. The molecule has 33 heavy (non-hydrogen) atoms. The molecule has 6 heteroatoms. The molecule has 2 N–H and O–H groups in total. The second-order valence-electron chi connectivity index (χ2n) is 8.20. The Kier molecular flexibility index (Phi) is 5.34. The van der Waals surface area contributed by atoms with Gasteiger partial charge in [-0.05, 0) is 35.2 Å². The number of benzene rings is 3. The van der Waals surface area contributed by atoms with Crippen LogP contribution in [0.4, 0.5) is 4.79 Å². The molecule has 4 aromatic rings. The fourth-order valence-electron chi connectivity index (χ4n) is 4.66. The number of hydrogen-bond acceptors (Lipinski definition) is 4. The van der Waals surface area contributed by atoms with Gasteiger partial charge in [0, 0.05) is 23.3 Å². The van der Waals surface area contributed by atoms with Crippen molar-refractivity contribution in [1.82, 2.24) is 5.32 Å². The summed E-state index contributed by atoms with van der Waals surface area (Å²) < 4.78 is 11.2. The first kappa shape index (κ1) is 20.8. The Labute approximate surface area is 190 Å². The van der Waals surface area contributed by atoms with E-state index in [0.29, 0.717) is 11.3 Å². The van der Waals surface area contributed by atoms with E-state index in [2.05, 4.69) is 17.4 Å². The zero-order valence-electron chi connectivity index (χ0n) is 18.1. The van der Waals surface area contributed by atoms with Gasteiger partial charge in [0.15, 0.2) is 0 Å². The maximum absolute atomic E-state index is 12.6. The molecule has 5 rings (SSSR count). The second-order valence-corrected chi connectivity index (χ2v) is 8.20. The fourth-order valence-corrected chi connectivity index (χ4v) is 4.66. The van der Waals surface area contributed by atoms with Gasteiger partial charge in [-0.2, -0.15) is 0 Å². The minimum Gasteiger partial charge on any atom is -0.480 e. The van der Waals surface area contributed by atoms with E-state index in [0.717, 1.165) is 33.2 Å². The molecule has 3 aromatic carbocycles. The molecule has 0 bridgehead atoms. The van der Waals surface area contributed by atoms with Crippen molar-refractivity contribution in [1.29, 1.82) is 0 Å². The van der Waals surface area contributed by atoms with Crippen LogP contribution in [0.2, 0.25) is 0 Å². The maximum Gasteiger partial charge on any atom is 0.407 e. The molecule has 0 spiro atoms. The number of fused-ring (bicyclic) bond motifs is 4. The number of aryl methyl sites for hydroxylation is 1. The number of para-hydroxylation sites is 1. The average Bonchev–Trinajstić information content (AvgIpc) is 3.31. The van der Waals surface area contributed by atoms with Gasteiger partial charge in [0.05, 0.1) is 0 Å². The Morgan fingerprint density at radius 3 is 2.24 bits per heavy atom. The van der Waals surface area contributed by atoms with Crippen molar-refractivity contribution >= 4 is 23.0 Å². The molecule has 166 valence electrons. The third-order valence-electron chi connectivity index (χ3n) is 6.24. The third-order valence-corrected chi connectivity index (χ3v) is 6.24. The lowest BCUT2D eigenvalue weighted by Gasteiger charge is -2.17. The normalized spacial score (nSPS) is 13.4. The molecule has 1 atom stereocenters. The highest BCUT2D eigenvalue weighted by molar-refractivity contribution is 5.85. The lowest BCUT2D eigenvalue weighted by Crippen LogP contribution is -2.43. The largest absolute Gasteiger partial charge is 0.480 e. The highest BCUT2D eigenvalue weighted by Gasteiger charge is 2.30. The van der Waals surface area contributed by atoms with Gasteiger partial charge < -0.3 is 19.6 Å². The second kappa shape index (κ2) is 8.47. The van der Waals surface area contributed by atoms with Gasteiger partial charge in [-0.15, -0.1) is 0 Å². The molecule has 6 nitrogen and oxygen atoms in total. The van der Waals surface area contributed by atoms with E-state index in [9.17, 15) is 14.7 Å². The number of nitrogens with one attached hydrogen (secondary N) is 1. The summed E-state index contributed by atoms with van der Waals surface area (Å²) in [6.45, 7) is 1.92. The van der Waals surface area contributed by atoms with Crippen LogP contribution in [0.3, 0.4) is 0 Å². The predicted molar refractivity (Wildman–Crippen MR) is 124 cm³/mol. The molecule has 0 aliphatic heterocycles. The van der Waals surface area contributed by atoms with Crippen molar-refractivity contribution in [3.63, 3.8) is 0 Å². The van der Waals surface area contributed by atoms with E-state index < -0.39 is 18.1 Å². The predicted octanol–water partition coefficient (Wildman–Crippen LogP) is 5.28. The molecule has 0 saturated heterocycles. The number of carboxylic acids is 1. The van der Waals surface area contributed by atoms with Gasteiger partial charge in [-0.1, -0.05) is 66.7 Å². The van der Waals surface area contributed by atoms with Crippen molar-refractivity contribution in [2.45, 2.75) is 25.3 Å². The molecule has 1 aliphatic rings. The Bertz CT molecular complexity index is 1310. The summed E-state index contributed by atoms with van der Waals surface area (Å²) in [5.41, 5.74) is 5.91. The first-order valence-corrected chi connectivity index (χ1v) is 10.8. The SMILES string of the molecule is Cc1oc2ccccc2c1CC(NC(=O)OCC1c2ccccc2-c2ccccc21)C(=O)O. The summed E-state index contributed by atoms with van der Waals surface area (Å²) in [5, 5.41) is 13.1. The number of aliphatic carboxylic acids is 1. The van der Waals surface area contributed by atoms with E-state index in [-0.39, 0.29) is 18.9 Å². The lowest BCUT2D eigenvalue weighted by atomic mass is 9.98. The van der Waals surface area contributed by atoms with E-state index >= 15 is 0 Å². The van der Waals surface area contributed by atoms with E-state index in [1.165, 1.54) is 0 Å². The van der Waals surface area contributed by atoms with Crippen LogP contribution < -0.4 is 5.32 Å². The number of furan rings is 1. The maximum atomic E-state index is 12.6. The Balaban J connectivity index is 1.30. The van der Waals surface area contributed by atoms with Gasteiger partial charge in [0.2, 0.25) is 0 Å². The molecule has 1 unspecified atom stereocenters. The van der Waals surface area contributed by atoms with Crippen molar-refractivity contribution in [3.8, 4) is 11.1 Å². The zero-order valence-corrected chi connectivity index (χ0v) is 18.1. The van der Waals surface area contributed by atoms with Crippen LogP contribution in [0.15, 0.2) is 77.2 Å². The van der Waals surface area contributed by atoms with Crippen LogP contribution in [0.5, 0.6) is 0 Å². The van der Waals surface area contributed by atoms with E-state index in [1.54, 1.807) is 6.92 Å². The third kappa shape index (κ3) is 3.84. The number of rotatable bonds is 6. The number of amides is 1. The summed E-state index contributed by atoms with van der Waals surface area (Å²) >= 11 is 0. The van der Waals surface area contributed by atoms with Gasteiger partial charge in [0.1, 0.15) is 24.0 Å². The van der Waals surface area contributed by atoms with Crippen LogP contribution in [-0.2, 0) is 16.0 Å². The van der Waals surface area contributed by atoms with Crippen LogP contribution in [0, 0.1) is 6.92 Å². The first-order chi connectivity index (χ1) is 16.0. The molecule has 1 heterocycles. The van der Waals surface area contributed by atoms with Crippen LogP contribution in [0.25, 0.3) is 22.1 Å². The molecular weight excluding hydrogens is 418 g/mol. The quantitative estimate of drug-likeness (QED) is 0.425. The number of ether oxygens (including phenoxy) is 1. The summed E-state index contributed by atoms with van der Waals surface area (Å²) in [5.74, 6) is -0.587. The number of carbonyl (C=O) groups is 2. The van der Waals surface area contributed by atoms with Crippen LogP contribution in [0.1, 0.15) is 28.4 Å². The number of hydrogen-bond donors (Lipinski definition) is 2. The zero-order chi connectivity index (χ0) is 22.9. The number of alkyl carbamates (subject to hydrolysis) is 1. The molecular formula is C27H23NO5. The highest BCUT2D eigenvalue weighted by Crippen LogP contribution is 2.44. The highest BCUT2D eigenvalue weighted by atomic mass is 16.5. The van der Waals surface area contributed by atoms with Crippen molar-refractivity contribution in [2.75, 3.05) is 6.61 Å². The molecule has 1 amide bonds. The van der Waals surface area contributed by atoms with Crippen LogP contribution >= 0.6 is 0 Å². The number of carboxylic acid groups (broad SMARTS) is 1. The standard InChI is InChI=1S/C27H23NO5/c1-16-22(21-12-6-7-13-25(21)33-16)14-24(26(29)30)28-27(31)32-15-23-19-10-4-2-8-17(19)18-9-3-5-11-20(18)23/h2-13,23-24H,14-15H2,1H3,(H,28,31)(H,29,30). The van der Waals surface area contributed by atoms with Gasteiger partial charge in [-0.3, -0.25) is 0 Å². The minimum absolute atomic E-state index is 0.0912. The molecule has 0 saturated carbocycles. The molecule has 0 radical (unpaired) electrons. The van der Waals surface area contributed by atoms with Crippen molar-refractivity contribution in [2.24, 2.45) is 0 Å². The van der Waals surface area contributed by atoms with Gasteiger partial charge >= 0.3 is 12.1 Å². The summed E-state index contributed by atoms with van der Waals surface area (Å²) in [6.07, 6.45) is -0.655. The fraction of sp³-hybridized carbons (Fsp3) is 0.185. The van der Waals surface area contributed by atoms with E-state index in [1.807, 2.05) is 60.7 Å². The van der Waals surface area contributed by atoms with Crippen molar-refractivity contribution in [3.05, 3.63) is 95.2 Å². The Morgan fingerprint density at radius 2 is 1.58 bits per heavy atom. The first-order valence-electron chi connectivity index (χ1n) is 10.8. The van der Waals surface area contributed by atoms with Crippen LogP contribution in [-0.4, -0.2) is 29.8 Å². The monoisotopic (exact) mass is 441 g/mol. The van der Waals surface area contributed by atoms with Crippen molar-refractivity contribution < 1.29 is 23.8 Å². The summed E-state index contributed by atoms with van der Waals surface area (Å²) in [7, 11) is 0.